The minimum Gasteiger partial charge on any atom is -0.493 e. The van der Waals surface area contributed by atoms with Gasteiger partial charge in [-0.15, -0.1) is 12.4 Å². The molecular weight excluding hydrogens is 402 g/mol. The van der Waals surface area contributed by atoms with Gasteiger partial charge in [0.05, 0.1) is 7.11 Å². The first-order chi connectivity index (χ1) is 14.2. The van der Waals surface area contributed by atoms with Gasteiger partial charge in [-0.2, -0.15) is 0 Å². The van der Waals surface area contributed by atoms with E-state index in [9.17, 15) is 0 Å². The van der Waals surface area contributed by atoms with Crippen molar-refractivity contribution in [1.29, 1.82) is 0 Å². The van der Waals surface area contributed by atoms with E-state index in [0.717, 1.165) is 39.7 Å². The second kappa shape index (κ2) is 10.2. The van der Waals surface area contributed by atoms with Crippen molar-refractivity contribution in [2.45, 2.75) is 26.6 Å². The van der Waals surface area contributed by atoms with Gasteiger partial charge in [-0.05, 0) is 36.2 Å². The quantitative estimate of drug-likeness (QED) is 0.546. The second-order valence-corrected chi connectivity index (χ2v) is 7.01. The van der Waals surface area contributed by atoms with Gasteiger partial charge < -0.3 is 24.3 Å². The standard InChI is InChI=1S/C24H25NO4.ClH/c1-17-6-8-18(9-7-17)15-27-24-20(4-3-5-22(24)26-2)14-25-13-19-10-11-21-23(12-19)29-16-28-21;/h3-12,25H,13-16H2,1-2H3;1H. The van der Waals surface area contributed by atoms with Crippen molar-refractivity contribution in [2.75, 3.05) is 13.9 Å². The van der Waals surface area contributed by atoms with Crippen molar-refractivity contribution < 1.29 is 18.9 Å². The van der Waals surface area contributed by atoms with E-state index < -0.39 is 0 Å². The maximum Gasteiger partial charge on any atom is 0.231 e. The van der Waals surface area contributed by atoms with E-state index >= 15 is 0 Å². The Hall–Kier alpha value is -2.89. The van der Waals surface area contributed by atoms with Crippen LogP contribution < -0.4 is 24.3 Å². The SMILES string of the molecule is COc1cccc(CNCc2ccc3c(c2)OCO3)c1OCc1ccc(C)cc1.Cl. The molecule has 1 heterocycles. The first kappa shape index (κ1) is 21.8. The van der Waals surface area contributed by atoms with Gasteiger partial charge in [-0.25, -0.2) is 0 Å². The van der Waals surface area contributed by atoms with E-state index in [2.05, 4.69) is 42.6 Å². The summed E-state index contributed by atoms with van der Waals surface area (Å²) >= 11 is 0. The number of hydrogen-bond acceptors (Lipinski definition) is 5. The molecule has 0 amide bonds. The summed E-state index contributed by atoms with van der Waals surface area (Å²) in [6.07, 6.45) is 0. The Kier molecular flexibility index (Phi) is 7.44. The Balaban J connectivity index is 0.00000256. The Morgan fingerprint density at radius 2 is 1.67 bits per heavy atom. The van der Waals surface area contributed by atoms with Crippen LogP contribution in [-0.2, 0) is 19.7 Å². The number of fused-ring (bicyclic) bond motifs is 1. The lowest BCUT2D eigenvalue weighted by Crippen LogP contribution is -2.14. The zero-order chi connectivity index (χ0) is 20.1. The molecule has 30 heavy (non-hydrogen) atoms. The van der Waals surface area contributed by atoms with E-state index in [4.69, 9.17) is 18.9 Å². The van der Waals surface area contributed by atoms with E-state index in [1.807, 2.05) is 30.3 Å². The van der Waals surface area contributed by atoms with Gasteiger partial charge in [-0.1, -0.05) is 48.0 Å². The van der Waals surface area contributed by atoms with Crippen LogP contribution in [-0.4, -0.2) is 13.9 Å². The minimum absolute atomic E-state index is 0. The van der Waals surface area contributed by atoms with Crippen LogP contribution in [0.5, 0.6) is 23.0 Å². The summed E-state index contributed by atoms with van der Waals surface area (Å²) in [5.41, 5.74) is 4.55. The van der Waals surface area contributed by atoms with Crippen LogP contribution in [0, 0.1) is 6.92 Å². The molecule has 3 aromatic rings. The van der Waals surface area contributed by atoms with Crippen LogP contribution >= 0.6 is 12.4 Å². The molecule has 6 heteroatoms. The fourth-order valence-electron chi connectivity index (χ4n) is 3.26. The summed E-state index contributed by atoms with van der Waals surface area (Å²) in [5.74, 6) is 3.11. The van der Waals surface area contributed by atoms with E-state index in [-0.39, 0.29) is 19.2 Å². The van der Waals surface area contributed by atoms with E-state index in [1.165, 1.54) is 5.56 Å². The maximum atomic E-state index is 6.15. The third kappa shape index (κ3) is 5.17. The molecule has 158 valence electrons. The van der Waals surface area contributed by atoms with E-state index in [1.54, 1.807) is 7.11 Å². The number of methoxy groups -OCH3 is 1. The zero-order valence-corrected chi connectivity index (χ0v) is 18.0. The van der Waals surface area contributed by atoms with Gasteiger partial charge in [0.1, 0.15) is 6.61 Å². The summed E-state index contributed by atoms with van der Waals surface area (Å²) in [6, 6.07) is 20.3. The summed E-state index contributed by atoms with van der Waals surface area (Å²) in [6.45, 7) is 4.24. The maximum absolute atomic E-state index is 6.15. The molecule has 4 rings (SSSR count). The highest BCUT2D eigenvalue weighted by Gasteiger charge is 2.14. The monoisotopic (exact) mass is 427 g/mol. The highest BCUT2D eigenvalue weighted by Crippen LogP contribution is 2.33. The van der Waals surface area contributed by atoms with Crippen LogP contribution in [0.4, 0.5) is 0 Å². The Morgan fingerprint density at radius 1 is 0.900 bits per heavy atom. The average Bonchev–Trinajstić information content (AvgIpc) is 3.21. The molecule has 0 bridgehead atoms. The number of benzene rings is 3. The molecule has 0 fully saturated rings. The van der Waals surface area contributed by atoms with Crippen LogP contribution in [0.1, 0.15) is 22.3 Å². The van der Waals surface area contributed by atoms with Gasteiger partial charge >= 0.3 is 0 Å². The van der Waals surface area contributed by atoms with Crippen molar-refractivity contribution >= 4 is 12.4 Å². The number of aryl methyl sites for hydroxylation is 1. The lowest BCUT2D eigenvalue weighted by atomic mass is 10.1. The summed E-state index contributed by atoms with van der Waals surface area (Å²) < 4.78 is 22.5. The van der Waals surface area contributed by atoms with Crippen LogP contribution in [0.2, 0.25) is 0 Å². The summed E-state index contributed by atoms with van der Waals surface area (Å²) in [5, 5.41) is 3.47. The number of ether oxygens (including phenoxy) is 4. The third-order valence-electron chi connectivity index (χ3n) is 4.87. The average molecular weight is 428 g/mol. The fourth-order valence-corrected chi connectivity index (χ4v) is 3.26. The van der Waals surface area contributed by atoms with E-state index in [0.29, 0.717) is 19.7 Å². The highest BCUT2D eigenvalue weighted by atomic mass is 35.5. The minimum atomic E-state index is 0. The van der Waals surface area contributed by atoms with Crippen molar-refractivity contribution in [3.05, 3.63) is 82.9 Å². The van der Waals surface area contributed by atoms with Crippen molar-refractivity contribution in [3.8, 4) is 23.0 Å². The zero-order valence-electron chi connectivity index (χ0n) is 17.1. The largest absolute Gasteiger partial charge is 0.493 e. The molecule has 1 aliphatic rings. The highest BCUT2D eigenvalue weighted by molar-refractivity contribution is 5.85. The van der Waals surface area contributed by atoms with Crippen molar-refractivity contribution in [3.63, 3.8) is 0 Å². The second-order valence-electron chi connectivity index (χ2n) is 7.01. The fraction of sp³-hybridized carbons (Fsp3) is 0.250. The molecule has 0 atom stereocenters. The first-order valence-corrected chi connectivity index (χ1v) is 9.66. The number of para-hydroxylation sites is 1. The van der Waals surface area contributed by atoms with Gasteiger partial charge in [0, 0.05) is 18.7 Å². The molecule has 1 aliphatic heterocycles. The first-order valence-electron chi connectivity index (χ1n) is 9.66. The van der Waals surface area contributed by atoms with Crippen molar-refractivity contribution in [2.24, 2.45) is 0 Å². The molecular formula is C24H26ClNO4. The van der Waals surface area contributed by atoms with Gasteiger partial charge in [0.15, 0.2) is 23.0 Å². The summed E-state index contributed by atoms with van der Waals surface area (Å²) in [7, 11) is 1.66. The van der Waals surface area contributed by atoms with Crippen LogP contribution in [0.3, 0.4) is 0 Å². The summed E-state index contributed by atoms with van der Waals surface area (Å²) in [4.78, 5) is 0. The normalized spacial score (nSPS) is 11.7. The molecule has 0 aliphatic carbocycles. The molecule has 1 N–H and O–H groups in total. The predicted molar refractivity (Wildman–Crippen MR) is 119 cm³/mol. The number of rotatable bonds is 8. The molecule has 3 aromatic carbocycles. The Bertz CT molecular complexity index is 975. The molecule has 0 saturated heterocycles. The lowest BCUT2D eigenvalue weighted by Gasteiger charge is -2.16. The predicted octanol–water partition coefficient (Wildman–Crippen LogP) is 5.02. The lowest BCUT2D eigenvalue weighted by molar-refractivity contribution is 0.174. The number of halogens is 1. The molecule has 0 aromatic heterocycles. The Labute approximate surface area is 183 Å². The van der Waals surface area contributed by atoms with Crippen molar-refractivity contribution in [1.82, 2.24) is 5.32 Å². The smallest absolute Gasteiger partial charge is 0.231 e. The molecule has 5 nitrogen and oxygen atoms in total. The molecule has 0 unspecified atom stereocenters. The van der Waals surface area contributed by atoms with Gasteiger partial charge in [0.25, 0.3) is 0 Å². The number of hydrogen-bond donors (Lipinski definition) is 1. The number of nitrogens with one attached hydrogen (secondary N) is 1. The molecule has 0 radical (unpaired) electrons. The topological polar surface area (TPSA) is 49.0 Å². The molecule has 0 saturated carbocycles. The third-order valence-corrected chi connectivity index (χ3v) is 4.87. The van der Waals surface area contributed by atoms with Crippen LogP contribution in [0.15, 0.2) is 60.7 Å². The van der Waals surface area contributed by atoms with Gasteiger partial charge in [0.2, 0.25) is 6.79 Å². The van der Waals surface area contributed by atoms with Crippen LogP contribution in [0.25, 0.3) is 0 Å². The Morgan fingerprint density at radius 3 is 2.47 bits per heavy atom. The molecule has 0 spiro atoms. The van der Waals surface area contributed by atoms with Gasteiger partial charge in [-0.3, -0.25) is 0 Å².